The molecule has 0 spiro atoms. The summed E-state index contributed by atoms with van der Waals surface area (Å²) in [6, 6.07) is 32.0. The third-order valence-corrected chi connectivity index (χ3v) is 5.27. The van der Waals surface area contributed by atoms with E-state index in [-0.39, 0.29) is 5.69 Å². The molecule has 0 aliphatic carbocycles. The van der Waals surface area contributed by atoms with Crippen molar-refractivity contribution in [2.45, 2.75) is 12.3 Å². The van der Waals surface area contributed by atoms with Crippen LogP contribution in [0.5, 0.6) is 0 Å². The fourth-order valence-corrected chi connectivity index (χ4v) is 3.65. The molecule has 0 bridgehead atoms. The number of para-hydroxylation sites is 1. The fourth-order valence-electron chi connectivity index (χ4n) is 3.65. The molecule has 1 aromatic heterocycles. The van der Waals surface area contributed by atoms with Crippen molar-refractivity contribution in [1.29, 1.82) is 0 Å². The maximum Gasteiger partial charge on any atom is 0.313 e. The maximum absolute atomic E-state index is 11.1. The van der Waals surface area contributed by atoms with E-state index in [0.29, 0.717) is 5.52 Å². The van der Waals surface area contributed by atoms with Crippen molar-refractivity contribution in [3.8, 4) is 0 Å². The van der Waals surface area contributed by atoms with Crippen LogP contribution in [0.1, 0.15) is 18.0 Å². The monoisotopic (exact) mass is 423 g/mol. The van der Waals surface area contributed by atoms with E-state index in [9.17, 15) is 9.59 Å². The van der Waals surface area contributed by atoms with Gasteiger partial charge < -0.3 is 10.2 Å². The molecule has 0 saturated heterocycles. The minimum atomic E-state index is -1.18. The summed E-state index contributed by atoms with van der Waals surface area (Å²) in [5, 5.41) is 23.9. The van der Waals surface area contributed by atoms with Gasteiger partial charge in [-0.05, 0) is 45.8 Å². The fraction of sp³-hybridized carbons (Fsp3) is 0.0741. The minimum absolute atomic E-state index is 0.267. The summed E-state index contributed by atoms with van der Waals surface area (Å²) in [5.41, 5.74) is 0.926. The van der Waals surface area contributed by atoms with Gasteiger partial charge in [0.15, 0.2) is 0 Å². The lowest BCUT2D eigenvalue weighted by atomic mass is 10.0. The first-order valence-corrected chi connectivity index (χ1v) is 10.2. The van der Waals surface area contributed by atoms with Crippen LogP contribution >= 0.6 is 0 Å². The number of carboxylic acids is 2. The number of pyridine rings is 1. The number of carbonyl (C=O) groups is 2. The average Bonchev–Trinajstić information content (AvgIpc) is 2.81. The van der Waals surface area contributed by atoms with Crippen LogP contribution in [0.15, 0.2) is 97.1 Å². The van der Waals surface area contributed by atoms with E-state index in [1.54, 1.807) is 24.3 Å². The Balaban J connectivity index is 0.000000157. The summed E-state index contributed by atoms with van der Waals surface area (Å²) in [5.74, 6) is -3.45. The van der Waals surface area contributed by atoms with Gasteiger partial charge in [0.05, 0.1) is 17.6 Å². The van der Waals surface area contributed by atoms with Crippen molar-refractivity contribution in [2.24, 2.45) is 0 Å². The second-order valence-electron chi connectivity index (χ2n) is 7.46. The second-order valence-corrected chi connectivity index (χ2v) is 7.46. The molecule has 0 amide bonds. The lowest BCUT2D eigenvalue weighted by Crippen LogP contribution is -2.17. The number of aromatic nitrogens is 1. The molecule has 2 N–H and O–H groups in total. The molecule has 0 fully saturated rings. The van der Waals surface area contributed by atoms with E-state index in [2.05, 4.69) is 65.6 Å². The third-order valence-electron chi connectivity index (χ3n) is 5.27. The number of fused-ring (bicyclic) bond motifs is 3. The Morgan fingerprint density at radius 1 is 0.656 bits per heavy atom. The Labute approximate surface area is 184 Å². The van der Waals surface area contributed by atoms with E-state index in [1.165, 1.54) is 21.5 Å². The third kappa shape index (κ3) is 4.73. The van der Waals surface area contributed by atoms with Gasteiger partial charge in [0.1, 0.15) is 5.92 Å². The smallest absolute Gasteiger partial charge is 0.313 e. The molecule has 4 aromatic carbocycles. The number of benzene rings is 4. The highest BCUT2D eigenvalue weighted by Gasteiger charge is 2.24. The van der Waals surface area contributed by atoms with Crippen molar-refractivity contribution in [3.05, 3.63) is 103 Å². The van der Waals surface area contributed by atoms with Crippen LogP contribution < -0.4 is 0 Å². The van der Waals surface area contributed by atoms with Gasteiger partial charge in [-0.1, -0.05) is 72.8 Å². The standard InChI is InChI=1S/C14H10.C13H11NO4/c1-2-6-12-10-14-8-4-3-7-13(14)9-11(12)5-1;15-12(16)7-9(13(17)18)11-6-5-8-3-1-2-4-10(8)14-11/h1-10H;1-6,9H,7H2,(H,15,16)(H,17,18). The molecule has 5 aromatic rings. The van der Waals surface area contributed by atoms with Gasteiger partial charge in [0, 0.05) is 5.39 Å². The summed E-state index contributed by atoms with van der Waals surface area (Å²) in [6.45, 7) is 0. The lowest BCUT2D eigenvalue weighted by molar-refractivity contribution is -0.145. The van der Waals surface area contributed by atoms with E-state index in [1.807, 2.05) is 12.1 Å². The van der Waals surface area contributed by atoms with E-state index < -0.39 is 24.3 Å². The molecule has 0 aliphatic rings. The predicted molar refractivity (Wildman–Crippen MR) is 126 cm³/mol. The summed E-state index contributed by atoms with van der Waals surface area (Å²) >= 11 is 0. The summed E-state index contributed by atoms with van der Waals surface area (Å²) < 4.78 is 0. The molecule has 158 valence electrons. The van der Waals surface area contributed by atoms with Gasteiger partial charge >= 0.3 is 11.9 Å². The quantitative estimate of drug-likeness (QED) is 0.353. The number of nitrogens with zero attached hydrogens (tertiary/aromatic N) is 1. The molecule has 1 unspecified atom stereocenters. The maximum atomic E-state index is 11.1. The molecular weight excluding hydrogens is 402 g/mol. The normalized spacial score (nSPS) is 11.6. The Morgan fingerprint density at radius 3 is 1.59 bits per heavy atom. The number of hydrogen-bond donors (Lipinski definition) is 2. The molecule has 5 heteroatoms. The highest BCUT2D eigenvalue weighted by molar-refractivity contribution is 5.98. The van der Waals surface area contributed by atoms with Crippen LogP contribution in [0.2, 0.25) is 0 Å². The molecule has 1 heterocycles. The SMILES string of the molecule is O=C(O)CC(C(=O)O)c1ccc2ccccc2n1.c1ccc2cc3ccccc3cc2c1. The highest BCUT2D eigenvalue weighted by atomic mass is 16.4. The van der Waals surface area contributed by atoms with E-state index >= 15 is 0 Å². The van der Waals surface area contributed by atoms with Gasteiger partial charge in [-0.25, -0.2) is 0 Å². The Hall–Kier alpha value is -4.25. The first-order chi connectivity index (χ1) is 15.5. The van der Waals surface area contributed by atoms with Crippen LogP contribution in [0.4, 0.5) is 0 Å². The zero-order chi connectivity index (χ0) is 22.5. The number of aliphatic carboxylic acids is 2. The van der Waals surface area contributed by atoms with Crippen LogP contribution in [-0.4, -0.2) is 27.1 Å². The zero-order valence-electron chi connectivity index (χ0n) is 17.2. The predicted octanol–water partition coefficient (Wildman–Crippen LogP) is 5.87. The van der Waals surface area contributed by atoms with Gasteiger partial charge in [-0.15, -0.1) is 0 Å². The van der Waals surface area contributed by atoms with Crippen LogP contribution in [0.25, 0.3) is 32.4 Å². The van der Waals surface area contributed by atoms with Crippen molar-refractivity contribution in [3.63, 3.8) is 0 Å². The van der Waals surface area contributed by atoms with Crippen molar-refractivity contribution in [2.75, 3.05) is 0 Å². The molecule has 32 heavy (non-hydrogen) atoms. The van der Waals surface area contributed by atoms with Crippen molar-refractivity contribution in [1.82, 2.24) is 4.98 Å². The Bertz CT molecular complexity index is 1320. The molecular formula is C27H21NO4. The summed E-state index contributed by atoms with van der Waals surface area (Å²) in [4.78, 5) is 25.9. The summed E-state index contributed by atoms with van der Waals surface area (Å²) in [7, 11) is 0. The molecule has 1 atom stereocenters. The zero-order valence-corrected chi connectivity index (χ0v) is 17.2. The number of hydrogen-bond acceptors (Lipinski definition) is 3. The van der Waals surface area contributed by atoms with Crippen LogP contribution in [0, 0.1) is 0 Å². The van der Waals surface area contributed by atoms with Crippen molar-refractivity contribution >= 4 is 44.4 Å². The van der Waals surface area contributed by atoms with Gasteiger partial charge in [-0.3, -0.25) is 14.6 Å². The first-order valence-electron chi connectivity index (χ1n) is 10.2. The Kier molecular flexibility index (Phi) is 6.08. The van der Waals surface area contributed by atoms with Gasteiger partial charge in [-0.2, -0.15) is 0 Å². The first kappa shape index (κ1) is 21.0. The van der Waals surface area contributed by atoms with Gasteiger partial charge in [0.25, 0.3) is 0 Å². The molecule has 5 nitrogen and oxygen atoms in total. The van der Waals surface area contributed by atoms with Crippen molar-refractivity contribution < 1.29 is 19.8 Å². The van der Waals surface area contributed by atoms with Crippen LogP contribution in [-0.2, 0) is 9.59 Å². The molecule has 0 saturated carbocycles. The molecule has 5 rings (SSSR count). The largest absolute Gasteiger partial charge is 0.481 e. The molecule has 0 radical (unpaired) electrons. The van der Waals surface area contributed by atoms with E-state index in [0.717, 1.165) is 5.39 Å². The Morgan fingerprint density at radius 2 is 1.12 bits per heavy atom. The lowest BCUT2D eigenvalue weighted by Gasteiger charge is -2.10. The topological polar surface area (TPSA) is 87.5 Å². The minimum Gasteiger partial charge on any atom is -0.481 e. The van der Waals surface area contributed by atoms with Gasteiger partial charge in [0.2, 0.25) is 0 Å². The second kappa shape index (κ2) is 9.27. The molecule has 0 aliphatic heterocycles. The number of carboxylic acid groups (broad SMARTS) is 2. The average molecular weight is 423 g/mol. The summed E-state index contributed by atoms with van der Waals surface area (Å²) in [6.07, 6.45) is -0.472. The number of rotatable bonds is 4. The van der Waals surface area contributed by atoms with E-state index in [4.69, 9.17) is 10.2 Å². The van der Waals surface area contributed by atoms with Crippen LogP contribution in [0.3, 0.4) is 0 Å². The highest BCUT2D eigenvalue weighted by Crippen LogP contribution is 2.23.